The van der Waals surface area contributed by atoms with Gasteiger partial charge < -0.3 is 9.80 Å². The van der Waals surface area contributed by atoms with E-state index in [1.54, 1.807) is 0 Å². The van der Waals surface area contributed by atoms with Crippen molar-refractivity contribution in [3.05, 3.63) is 119 Å². The minimum atomic E-state index is -0.671. The molecule has 2 aromatic rings. The van der Waals surface area contributed by atoms with Gasteiger partial charge in [0.15, 0.2) is 0 Å². The third kappa shape index (κ3) is 13.0. The third-order valence-corrected chi connectivity index (χ3v) is 10.8. The standard InChI is InChI=1S/2C17H20F2NO.2C5H5.Ti/c2*18-14-8-7-12(16(19)10-14)5-3-9-20-11-13-4-1-2-6-15(13)17(20)21;2*1-2-4-5-3-1;/h2*7-8,13,15H,1-6,9,11H2;2*1-3H,4H2;/q4*-1;+4. The molecule has 0 N–H and O–H groups in total. The van der Waals surface area contributed by atoms with Crippen molar-refractivity contribution in [1.29, 1.82) is 0 Å². The predicted molar refractivity (Wildman–Crippen MR) is 194 cm³/mol. The first-order chi connectivity index (χ1) is 25.3. The van der Waals surface area contributed by atoms with Crippen LogP contribution in [0.1, 0.15) is 88.2 Å². The third-order valence-electron chi connectivity index (χ3n) is 10.8. The molecular weight excluding hydrogens is 712 g/mol. The van der Waals surface area contributed by atoms with Crippen LogP contribution in [0.25, 0.3) is 0 Å². The van der Waals surface area contributed by atoms with Crippen molar-refractivity contribution in [2.45, 2.75) is 89.9 Å². The first kappa shape index (κ1) is 42.5. The van der Waals surface area contributed by atoms with Crippen LogP contribution in [0.3, 0.4) is 0 Å². The molecule has 53 heavy (non-hydrogen) atoms. The Labute approximate surface area is 328 Å². The van der Waals surface area contributed by atoms with E-state index in [4.69, 9.17) is 0 Å². The molecule has 2 heterocycles. The second-order valence-electron chi connectivity index (χ2n) is 14.4. The fraction of sp³-hybridized carbons (Fsp3) is 0.500. The smallest absolute Gasteiger partial charge is 0.342 e. The average Bonchev–Trinajstić information content (AvgIpc) is 3.99. The summed E-state index contributed by atoms with van der Waals surface area (Å²) in [7, 11) is 0. The Hall–Kier alpha value is -3.23. The Kier molecular flexibility index (Phi) is 17.8. The Morgan fingerprint density at radius 3 is 1.34 bits per heavy atom. The van der Waals surface area contributed by atoms with Gasteiger partial charge in [-0.05, 0) is 50.4 Å². The summed E-state index contributed by atoms with van der Waals surface area (Å²) in [6, 6.07) is 9.50. The van der Waals surface area contributed by atoms with Gasteiger partial charge >= 0.3 is 21.7 Å². The molecule has 0 radical (unpaired) electrons. The van der Waals surface area contributed by atoms with E-state index in [1.165, 1.54) is 37.1 Å². The summed E-state index contributed by atoms with van der Waals surface area (Å²) in [5.74, 6) is -0.483. The SMILES string of the molecule is O=C1C2CCCCC2CN1CCCc1ccc(F)[c-]c1F.O=C1C2CCCCC2CN1CCCc1ccc(F)[c-]c1F.[C-]1=CC=CC1.[C-]1=CC=CC1.[Ti+4]. The van der Waals surface area contributed by atoms with Crippen LogP contribution in [-0.4, -0.2) is 47.8 Å². The van der Waals surface area contributed by atoms with E-state index in [2.05, 4.69) is 36.4 Å². The second-order valence-corrected chi connectivity index (χ2v) is 14.4. The minimum absolute atomic E-state index is 0. The van der Waals surface area contributed by atoms with Crippen molar-refractivity contribution in [3.8, 4) is 0 Å². The van der Waals surface area contributed by atoms with Gasteiger partial charge in [0.1, 0.15) is 0 Å². The molecule has 0 bridgehead atoms. The number of fused-ring (bicyclic) bond motifs is 2. The van der Waals surface area contributed by atoms with Crippen LogP contribution in [0.4, 0.5) is 17.6 Å². The molecule has 6 aliphatic rings. The molecule has 4 unspecified atom stereocenters. The van der Waals surface area contributed by atoms with Crippen molar-refractivity contribution in [3.63, 3.8) is 0 Å². The molecule has 8 rings (SSSR count). The van der Waals surface area contributed by atoms with Crippen LogP contribution >= 0.6 is 0 Å². The quantitative estimate of drug-likeness (QED) is 0.153. The molecule has 4 aliphatic carbocycles. The monoisotopic (exact) mass is 762 g/mol. The number of carbonyl (C=O) groups excluding carboxylic acids is 2. The maximum absolute atomic E-state index is 13.5. The molecule has 2 aliphatic heterocycles. The van der Waals surface area contributed by atoms with Gasteiger partial charge in [0.25, 0.3) is 0 Å². The maximum Gasteiger partial charge on any atom is 4.00 e. The zero-order valence-electron chi connectivity index (χ0n) is 30.5. The normalized spacial score (nSPS) is 23.3. The fourth-order valence-corrected chi connectivity index (χ4v) is 8.06. The Balaban J connectivity index is 0.000000184. The Bertz CT molecular complexity index is 1470. The van der Waals surface area contributed by atoms with Gasteiger partial charge in [0.05, 0.1) is 0 Å². The molecule has 2 amide bonds. The van der Waals surface area contributed by atoms with Gasteiger partial charge in [-0.1, -0.05) is 38.5 Å². The zero-order valence-corrected chi connectivity index (χ0v) is 32.1. The molecule has 2 aromatic carbocycles. The van der Waals surface area contributed by atoms with Gasteiger partial charge in [-0.3, -0.25) is 21.7 Å². The van der Waals surface area contributed by atoms with Gasteiger partial charge in [-0.25, -0.2) is 41.9 Å². The van der Waals surface area contributed by atoms with Crippen LogP contribution in [0.5, 0.6) is 0 Å². The van der Waals surface area contributed by atoms with Gasteiger partial charge in [0, 0.05) is 61.3 Å². The molecule has 9 heteroatoms. The second kappa shape index (κ2) is 22.2. The van der Waals surface area contributed by atoms with Crippen molar-refractivity contribution in [2.75, 3.05) is 26.2 Å². The summed E-state index contributed by atoms with van der Waals surface area (Å²) < 4.78 is 52.6. The Morgan fingerprint density at radius 1 is 0.604 bits per heavy atom. The molecule has 4 nitrogen and oxygen atoms in total. The van der Waals surface area contributed by atoms with Crippen LogP contribution in [-0.2, 0) is 44.1 Å². The van der Waals surface area contributed by atoms with E-state index in [0.29, 0.717) is 61.7 Å². The van der Waals surface area contributed by atoms with Crippen LogP contribution in [0, 0.1) is 71.2 Å². The minimum Gasteiger partial charge on any atom is -0.342 e. The molecular formula is C44H50F4N2O2Ti. The number of nitrogens with zero attached hydrogens (tertiary/aromatic N) is 2. The molecule has 0 spiro atoms. The number of hydrogen-bond acceptors (Lipinski definition) is 2. The van der Waals surface area contributed by atoms with Crippen LogP contribution < -0.4 is 0 Å². The number of rotatable bonds is 8. The Morgan fingerprint density at radius 2 is 1.02 bits per heavy atom. The number of hydrogen-bond donors (Lipinski definition) is 0. The molecule has 2 saturated heterocycles. The number of allylic oxidation sites excluding steroid dienone is 8. The molecule has 4 fully saturated rings. The van der Waals surface area contributed by atoms with E-state index in [0.717, 1.165) is 64.5 Å². The van der Waals surface area contributed by atoms with Crippen LogP contribution in [0.15, 0.2) is 60.7 Å². The summed E-state index contributed by atoms with van der Waals surface area (Å²) in [5, 5.41) is 0. The summed E-state index contributed by atoms with van der Waals surface area (Å²) >= 11 is 0. The topological polar surface area (TPSA) is 40.6 Å². The van der Waals surface area contributed by atoms with E-state index < -0.39 is 23.3 Å². The van der Waals surface area contributed by atoms with Gasteiger partial charge in [0.2, 0.25) is 11.8 Å². The zero-order chi connectivity index (χ0) is 36.7. The number of aryl methyl sites for hydroxylation is 2. The van der Waals surface area contributed by atoms with Crippen molar-refractivity contribution in [1.82, 2.24) is 9.80 Å². The van der Waals surface area contributed by atoms with Gasteiger partial charge in [-0.15, -0.1) is 48.2 Å². The van der Waals surface area contributed by atoms with E-state index >= 15 is 0 Å². The van der Waals surface area contributed by atoms with E-state index in [-0.39, 0.29) is 45.4 Å². The van der Waals surface area contributed by atoms with Gasteiger partial charge in [-0.2, -0.15) is 24.3 Å². The largest absolute Gasteiger partial charge is 4.00 e. The van der Waals surface area contributed by atoms with Crippen molar-refractivity contribution < 1.29 is 48.9 Å². The molecule has 2 saturated carbocycles. The van der Waals surface area contributed by atoms with E-state index in [1.807, 2.05) is 34.1 Å². The molecule has 0 aromatic heterocycles. The summed E-state index contributed by atoms with van der Waals surface area (Å²) in [4.78, 5) is 28.5. The number of likely N-dealkylation sites (tertiary alicyclic amines) is 2. The van der Waals surface area contributed by atoms with Crippen molar-refractivity contribution in [2.24, 2.45) is 23.7 Å². The predicted octanol–water partition coefficient (Wildman–Crippen LogP) is 9.30. The van der Waals surface area contributed by atoms with E-state index in [9.17, 15) is 27.2 Å². The summed E-state index contributed by atoms with van der Waals surface area (Å²) in [5.41, 5.74) is 0.945. The number of halogens is 4. The summed E-state index contributed by atoms with van der Waals surface area (Å²) in [6.07, 6.45) is 31.6. The molecule has 280 valence electrons. The summed E-state index contributed by atoms with van der Waals surface area (Å²) in [6.45, 7) is 3.06. The maximum atomic E-state index is 13.5. The number of carbonyl (C=O) groups is 2. The first-order valence-corrected chi connectivity index (χ1v) is 19.0. The number of benzene rings is 2. The first-order valence-electron chi connectivity index (χ1n) is 19.0. The number of amides is 2. The van der Waals surface area contributed by atoms with Crippen LogP contribution in [0.2, 0.25) is 0 Å². The fourth-order valence-electron chi connectivity index (χ4n) is 8.06. The average molecular weight is 763 g/mol. The molecule has 4 atom stereocenters. The van der Waals surface area contributed by atoms with Crippen molar-refractivity contribution >= 4 is 11.8 Å².